The van der Waals surface area contributed by atoms with E-state index in [-0.39, 0.29) is 0 Å². The van der Waals surface area contributed by atoms with Gasteiger partial charge in [0.2, 0.25) is 5.95 Å². The van der Waals surface area contributed by atoms with Crippen LogP contribution in [0.15, 0.2) is 36.4 Å². The van der Waals surface area contributed by atoms with Gasteiger partial charge in [-0.1, -0.05) is 29.8 Å². The third-order valence-corrected chi connectivity index (χ3v) is 4.41. The molecule has 1 aliphatic rings. The second-order valence-corrected chi connectivity index (χ2v) is 6.46. The van der Waals surface area contributed by atoms with E-state index < -0.39 is 0 Å². The molecule has 2 aromatic rings. The van der Waals surface area contributed by atoms with E-state index in [1.807, 2.05) is 13.0 Å². The van der Waals surface area contributed by atoms with Gasteiger partial charge in [-0.2, -0.15) is 4.98 Å². The van der Waals surface area contributed by atoms with Crippen LogP contribution in [0.5, 0.6) is 0 Å². The first-order chi connectivity index (χ1) is 12.2. The Hall–Kier alpha value is -2.12. The van der Waals surface area contributed by atoms with Gasteiger partial charge in [0, 0.05) is 44.5 Å². The molecule has 0 bridgehead atoms. The van der Waals surface area contributed by atoms with E-state index in [2.05, 4.69) is 54.7 Å². The summed E-state index contributed by atoms with van der Waals surface area (Å²) in [6.07, 6.45) is 0. The van der Waals surface area contributed by atoms with Gasteiger partial charge in [0.05, 0.1) is 0 Å². The summed E-state index contributed by atoms with van der Waals surface area (Å²) in [7, 11) is 0. The van der Waals surface area contributed by atoms with Gasteiger partial charge in [0.25, 0.3) is 0 Å². The Morgan fingerprint density at radius 3 is 2.48 bits per heavy atom. The molecule has 1 aromatic carbocycles. The molecule has 2 N–H and O–H groups in total. The molecule has 0 spiro atoms. The molecule has 2 heterocycles. The van der Waals surface area contributed by atoms with E-state index >= 15 is 0 Å². The van der Waals surface area contributed by atoms with Crippen LogP contribution in [-0.4, -0.2) is 47.8 Å². The zero-order valence-corrected chi connectivity index (χ0v) is 15.6. The number of nitrogens with zero attached hydrogens (tertiary/aromatic N) is 4. The van der Waals surface area contributed by atoms with Crippen molar-refractivity contribution < 1.29 is 0 Å². The lowest BCUT2D eigenvalue weighted by Gasteiger charge is -2.36. The lowest BCUT2D eigenvalue weighted by atomic mass is 10.2. The largest absolute Gasteiger partial charge is 0.368 e. The van der Waals surface area contributed by atoms with Crippen molar-refractivity contribution in [1.82, 2.24) is 15.3 Å². The van der Waals surface area contributed by atoms with Gasteiger partial charge in [0.15, 0.2) is 5.11 Å². The molecule has 8 heteroatoms. The summed E-state index contributed by atoms with van der Waals surface area (Å²) in [5, 5.41) is 6.88. The number of halogens is 1. The standard InChI is InChI=1S/C17H21ClN6S/c1-2-19-17(25)22-16-20-14(18)12-15(21-16)24-10-8-23(9-11-24)13-6-4-3-5-7-13/h3-7,12H,2,8-11H2,1H3,(H2,19,20,21,22,25). The number of thiocarbonyl (C=S) groups is 1. The Kier molecular flexibility index (Phi) is 5.88. The highest BCUT2D eigenvalue weighted by atomic mass is 35.5. The van der Waals surface area contributed by atoms with E-state index in [9.17, 15) is 0 Å². The maximum absolute atomic E-state index is 6.16. The summed E-state index contributed by atoms with van der Waals surface area (Å²) in [6, 6.07) is 12.2. The molecule has 1 aromatic heterocycles. The van der Waals surface area contributed by atoms with Gasteiger partial charge in [-0.05, 0) is 31.3 Å². The predicted molar refractivity (Wildman–Crippen MR) is 108 cm³/mol. The lowest BCUT2D eigenvalue weighted by Crippen LogP contribution is -2.46. The third kappa shape index (κ3) is 4.70. The summed E-state index contributed by atoms with van der Waals surface area (Å²) in [5.74, 6) is 1.23. The summed E-state index contributed by atoms with van der Waals surface area (Å²) >= 11 is 11.3. The number of benzene rings is 1. The van der Waals surface area contributed by atoms with Crippen LogP contribution >= 0.6 is 23.8 Å². The van der Waals surface area contributed by atoms with Crippen LogP contribution < -0.4 is 20.4 Å². The van der Waals surface area contributed by atoms with Gasteiger partial charge >= 0.3 is 0 Å². The topological polar surface area (TPSA) is 56.3 Å². The van der Waals surface area contributed by atoms with Gasteiger partial charge in [0.1, 0.15) is 11.0 Å². The number of hydrogen-bond donors (Lipinski definition) is 2. The third-order valence-electron chi connectivity index (χ3n) is 3.97. The highest BCUT2D eigenvalue weighted by Crippen LogP contribution is 2.22. The van der Waals surface area contributed by atoms with E-state index in [0.717, 1.165) is 38.5 Å². The van der Waals surface area contributed by atoms with Gasteiger partial charge < -0.3 is 20.4 Å². The van der Waals surface area contributed by atoms with Crippen LogP contribution in [0.3, 0.4) is 0 Å². The number of anilines is 3. The summed E-state index contributed by atoms with van der Waals surface area (Å²) in [5.41, 5.74) is 1.25. The van der Waals surface area contributed by atoms with Gasteiger partial charge in [-0.25, -0.2) is 4.98 Å². The minimum atomic E-state index is 0.400. The quantitative estimate of drug-likeness (QED) is 0.628. The Bertz CT molecular complexity index is 718. The van der Waals surface area contributed by atoms with Crippen LogP contribution in [0.25, 0.3) is 0 Å². The zero-order chi connectivity index (χ0) is 17.6. The van der Waals surface area contributed by atoms with Gasteiger partial charge in [-0.3, -0.25) is 0 Å². The Labute approximate surface area is 158 Å². The number of hydrogen-bond acceptors (Lipinski definition) is 5. The smallest absolute Gasteiger partial charge is 0.232 e. The minimum Gasteiger partial charge on any atom is -0.368 e. The van der Waals surface area contributed by atoms with E-state index in [4.69, 9.17) is 23.8 Å². The van der Waals surface area contributed by atoms with E-state index in [1.54, 1.807) is 6.07 Å². The molecule has 0 saturated carbocycles. The first-order valence-electron chi connectivity index (χ1n) is 8.30. The minimum absolute atomic E-state index is 0.400. The van der Waals surface area contributed by atoms with Gasteiger partial charge in [-0.15, -0.1) is 0 Å². The summed E-state index contributed by atoms with van der Waals surface area (Å²) in [4.78, 5) is 13.3. The number of rotatable bonds is 4. The summed E-state index contributed by atoms with van der Waals surface area (Å²) in [6.45, 7) is 6.33. The molecule has 0 amide bonds. The number of para-hydroxylation sites is 1. The van der Waals surface area contributed by atoms with Crippen molar-refractivity contribution in [3.63, 3.8) is 0 Å². The molecule has 0 unspecified atom stereocenters. The number of nitrogens with one attached hydrogen (secondary N) is 2. The molecule has 1 saturated heterocycles. The van der Waals surface area contributed by atoms with Crippen molar-refractivity contribution in [3.05, 3.63) is 41.6 Å². The zero-order valence-electron chi connectivity index (χ0n) is 14.1. The molecular formula is C17H21ClN6S. The molecule has 1 fully saturated rings. The van der Waals surface area contributed by atoms with Crippen molar-refractivity contribution in [2.45, 2.75) is 6.92 Å². The Balaban J connectivity index is 1.66. The lowest BCUT2D eigenvalue weighted by molar-refractivity contribution is 0.647. The highest BCUT2D eigenvalue weighted by molar-refractivity contribution is 7.80. The van der Waals surface area contributed by atoms with Crippen LogP contribution in [0.2, 0.25) is 5.15 Å². The Morgan fingerprint density at radius 1 is 1.12 bits per heavy atom. The second-order valence-electron chi connectivity index (χ2n) is 5.67. The van der Waals surface area contributed by atoms with Crippen molar-refractivity contribution in [2.24, 2.45) is 0 Å². The van der Waals surface area contributed by atoms with Crippen molar-refractivity contribution in [2.75, 3.05) is 47.8 Å². The molecule has 0 radical (unpaired) electrons. The fourth-order valence-corrected chi connectivity index (χ4v) is 3.18. The fourth-order valence-electron chi connectivity index (χ4n) is 2.76. The van der Waals surface area contributed by atoms with Crippen molar-refractivity contribution >= 4 is 46.4 Å². The highest BCUT2D eigenvalue weighted by Gasteiger charge is 2.19. The maximum Gasteiger partial charge on any atom is 0.232 e. The van der Waals surface area contributed by atoms with Crippen LogP contribution in [0.4, 0.5) is 17.5 Å². The van der Waals surface area contributed by atoms with Crippen LogP contribution in [0.1, 0.15) is 6.92 Å². The fraction of sp³-hybridized carbons (Fsp3) is 0.353. The molecule has 0 aliphatic carbocycles. The molecule has 0 atom stereocenters. The molecule has 25 heavy (non-hydrogen) atoms. The Morgan fingerprint density at radius 2 is 1.80 bits per heavy atom. The second kappa shape index (κ2) is 8.31. The molecule has 6 nitrogen and oxygen atoms in total. The molecule has 3 rings (SSSR count). The maximum atomic E-state index is 6.16. The first kappa shape index (κ1) is 17.7. The van der Waals surface area contributed by atoms with E-state index in [0.29, 0.717) is 16.2 Å². The van der Waals surface area contributed by atoms with Crippen LogP contribution in [0, 0.1) is 0 Å². The molecular weight excluding hydrogens is 356 g/mol. The van der Waals surface area contributed by atoms with E-state index in [1.165, 1.54) is 5.69 Å². The number of piperazine rings is 1. The van der Waals surface area contributed by atoms with Crippen molar-refractivity contribution in [1.29, 1.82) is 0 Å². The van der Waals surface area contributed by atoms with Crippen LogP contribution in [-0.2, 0) is 0 Å². The monoisotopic (exact) mass is 376 g/mol. The average molecular weight is 377 g/mol. The molecule has 132 valence electrons. The molecule has 1 aliphatic heterocycles. The normalized spacial score (nSPS) is 14.3. The first-order valence-corrected chi connectivity index (χ1v) is 9.08. The van der Waals surface area contributed by atoms with Crippen molar-refractivity contribution in [3.8, 4) is 0 Å². The summed E-state index contributed by atoms with van der Waals surface area (Å²) < 4.78 is 0. The SMILES string of the molecule is CCNC(=S)Nc1nc(Cl)cc(N2CCN(c3ccccc3)CC2)n1. The number of aromatic nitrogens is 2. The predicted octanol–water partition coefficient (Wildman–Crippen LogP) is 2.76. The average Bonchev–Trinajstić information content (AvgIpc) is 2.62.